The number of piperidine rings is 1. The molecule has 208 valence electrons. The third-order valence-electron chi connectivity index (χ3n) is 8.49. The van der Waals surface area contributed by atoms with Crippen molar-refractivity contribution in [2.75, 3.05) is 12.3 Å². The summed E-state index contributed by atoms with van der Waals surface area (Å²) in [4.78, 5) is 23.8. The molecule has 6 rings (SSSR count). The van der Waals surface area contributed by atoms with E-state index in [0.29, 0.717) is 41.6 Å². The summed E-state index contributed by atoms with van der Waals surface area (Å²) in [5.41, 5.74) is 7.32. The van der Waals surface area contributed by atoms with Gasteiger partial charge in [-0.25, -0.2) is 9.97 Å². The van der Waals surface area contributed by atoms with E-state index in [1.807, 2.05) is 28.5 Å². The van der Waals surface area contributed by atoms with Crippen LogP contribution >= 0.6 is 0 Å². The normalized spacial score (nSPS) is 21.1. The van der Waals surface area contributed by atoms with Crippen LogP contribution in [0.1, 0.15) is 66.6 Å². The van der Waals surface area contributed by atoms with Crippen molar-refractivity contribution in [1.82, 2.24) is 19.3 Å². The number of imidazole rings is 1. The molecule has 2 fully saturated rings. The van der Waals surface area contributed by atoms with Gasteiger partial charge in [0.2, 0.25) is 5.91 Å². The van der Waals surface area contributed by atoms with E-state index in [1.54, 1.807) is 18.3 Å². The Kier molecular flexibility index (Phi) is 6.14. The predicted octanol–water partition coefficient (Wildman–Crippen LogP) is 5.43. The van der Waals surface area contributed by atoms with E-state index in [0.717, 1.165) is 48.3 Å². The number of benzene rings is 2. The molecule has 0 spiro atoms. The van der Waals surface area contributed by atoms with Gasteiger partial charge in [-0.05, 0) is 61.9 Å². The Morgan fingerprint density at radius 2 is 1.80 bits per heavy atom. The van der Waals surface area contributed by atoms with Crippen molar-refractivity contribution in [3.8, 4) is 11.3 Å². The molecule has 2 aromatic heterocycles. The monoisotopic (exact) mass is 549 g/mol. The number of anilines is 1. The molecule has 4 heterocycles. The Morgan fingerprint density at radius 3 is 2.55 bits per heavy atom. The Bertz CT molecular complexity index is 1630. The van der Waals surface area contributed by atoms with E-state index in [4.69, 9.17) is 10.7 Å². The topological polar surface area (TPSA) is 96.8 Å². The van der Waals surface area contributed by atoms with Gasteiger partial charge in [0.1, 0.15) is 28.5 Å². The number of aromatic nitrogens is 3. The number of carbonyl (C=O) groups is 1. The number of nitrogen functional groups attached to an aromatic ring is 1. The summed E-state index contributed by atoms with van der Waals surface area (Å²) < 4.78 is 41.9. The van der Waals surface area contributed by atoms with Gasteiger partial charge < -0.3 is 15.7 Å². The van der Waals surface area contributed by atoms with Gasteiger partial charge in [0.05, 0.1) is 5.56 Å². The van der Waals surface area contributed by atoms with Crippen molar-refractivity contribution in [3.05, 3.63) is 82.9 Å². The van der Waals surface area contributed by atoms with Gasteiger partial charge in [-0.15, -0.1) is 0 Å². The molecule has 7 nitrogen and oxygen atoms in total. The highest BCUT2D eigenvalue weighted by Crippen LogP contribution is 2.40. The molecule has 10 heteroatoms. The second-order valence-electron chi connectivity index (χ2n) is 11.0. The van der Waals surface area contributed by atoms with E-state index in [-0.39, 0.29) is 17.4 Å². The van der Waals surface area contributed by atoms with Crippen molar-refractivity contribution in [1.29, 1.82) is 0 Å². The first-order valence-electron chi connectivity index (χ1n) is 13.4. The van der Waals surface area contributed by atoms with Gasteiger partial charge >= 0.3 is 6.18 Å². The molecule has 0 aliphatic carbocycles. The Balaban J connectivity index is 1.40. The molecule has 0 unspecified atom stereocenters. The minimum atomic E-state index is -4.51. The number of aliphatic hydroxyl groups is 1. The van der Waals surface area contributed by atoms with Gasteiger partial charge in [-0.3, -0.25) is 9.20 Å². The van der Waals surface area contributed by atoms with Crippen LogP contribution < -0.4 is 5.73 Å². The van der Waals surface area contributed by atoms with Gasteiger partial charge in [0.15, 0.2) is 0 Å². The minimum Gasteiger partial charge on any atom is -0.382 e. The lowest BCUT2D eigenvalue weighted by atomic mass is 9.85. The number of alkyl halides is 3. The number of nitrogens with two attached hydrogens (primary N) is 1. The molecule has 1 amide bonds. The number of amides is 1. The van der Waals surface area contributed by atoms with Crippen molar-refractivity contribution in [2.45, 2.75) is 63.3 Å². The van der Waals surface area contributed by atoms with E-state index < -0.39 is 17.3 Å². The Labute approximate surface area is 229 Å². The molecular weight excluding hydrogens is 519 g/mol. The average Bonchev–Trinajstić information content (AvgIpc) is 3.49. The molecule has 3 atom stereocenters. The fraction of sp³-hybridized carbons (Fsp3) is 0.367. The van der Waals surface area contributed by atoms with Crippen LogP contribution in [0.5, 0.6) is 0 Å². The van der Waals surface area contributed by atoms with Crippen molar-refractivity contribution < 1.29 is 23.1 Å². The quantitative estimate of drug-likeness (QED) is 0.354. The van der Waals surface area contributed by atoms with Crippen molar-refractivity contribution >= 4 is 17.2 Å². The lowest BCUT2D eigenvalue weighted by Crippen LogP contribution is -2.41. The summed E-state index contributed by atoms with van der Waals surface area (Å²) in [6.45, 7) is 3.97. The third kappa shape index (κ3) is 4.30. The second-order valence-corrected chi connectivity index (χ2v) is 11.0. The van der Waals surface area contributed by atoms with Crippen molar-refractivity contribution in [3.63, 3.8) is 0 Å². The maximum absolute atomic E-state index is 13.3. The number of halogens is 3. The largest absolute Gasteiger partial charge is 0.416 e. The molecule has 2 aliphatic rings. The Morgan fingerprint density at radius 1 is 1.05 bits per heavy atom. The van der Waals surface area contributed by atoms with Crippen LogP contribution in [0.2, 0.25) is 0 Å². The maximum Gasteiger partial charge on any atom is 0.416 e. The number of hydrogen-bond acceptors (Lipinski definition) is 5. The molecule has 2 aliphatic heterocycles. The molecule has 2 aromatic carbocycles. The lowest BCUT2D eigenvalue weighted by molar-refractivity contribution is -0.137. The molecule has 40 heavy (non-hydrogen) atoms. The number of hydrogen-bond donors (Lipinski definition) is 2. The van der Waals surface area contributed by atoms with Crippen LogP contribution in [0.3, 0.4) is 0 Å². The van der Waals surface area contributed by atoms with Crippen LogP contribution in [0.25, 0.3) is 16.8 Å². The van der Waals surface area contributed by atoms with Crippen LogP contribution in [-0.4, -0.2) is 42.9 Å². The minimum absolute atomic E-state index is 0.0440. The lowest BCUT2D eigenvalue weighted by Gasteiger charge is -2.34. The maximum atomic E-state index is 13.3. The van der Waals surface area contributed by atoms with Crippen LogP contribution in [0.4, 0.5) is 19.0 Å². The SMILES string of the molecule is Cc1cc([C@](C)(O)c2cccc(C(F)(F)F)c2)ccc1-c1nc([C@@H]2CC[C@H]3CCC(=O)N3C2)n2ccnc(N)c12. The summed E-state index contributed by atoms with van der Waals surface area (Å²) in [5, 5.41) is 11.4. The van der Waals surface area contributed by atoms with Crippen LogP contribution in [0.15, 0.2) is 54.9 Å². The summed E-state index contributed by atoms with van der Waals surface area (Å²) >= 11 is 0. The number of aryl methyl sites for hydroxylation is 1. The smallest absolute Gasteiger partial charge is 0.382 e. The molecule has 2 saturated heterocycles. The highest BCUT2D eigenvalue weighted by Gasteiger charge is 2.38. The van der Waals surface area contributed by atoms with E-state index >= 15 is 0 Å². The van der Waals surface area contributed by atoms with E-state index in [9.17, 15) is 23.1 Å². The van der Waals surface area contributed by atoms with Gasteiger partial charge in [0, 0.05) is 42.9 Å². The van der Waals surface area contributed by atoms with Crippen molar-refractivity contribution in [2.24, 2.45) is 0 Å². The first kappa shape index (κ1) is 26.3. The summed E-state index contributed by atoms with van der Waals surface area (Å²) in [7, 11) is 0. The fourth-order valence-electron chi connectivity index (χ4n) is 6.24. The number of carbonyl (C=O) groups excluding carboxylic acids is 1. The summed E-state index contributed by atoms with van der Waals surface area (Å²) in [6.07, 6.45) is 2.29. The zero-order valence-electron chi connectivity index (χ0n) is 22.2. The van der Waals surface area contributed by atoms with Gasteiger partial charge in [-0.1, -0.05) is 30.3 Å². The van der Waals surface area contributed by atoms with E-state index in [2.05, 4.69) is 4.98 Å². The summed E-state index contributed by atoms with van der Waals surface area (Å²) in [6, 6.07) is 10.3. The standard InChI is InChI=1S/C30H30F3N5O2/c1-17-14-20(29(2,40)19-4-3-5-21(15-19)30(31,32)33)7-10-23(17)25-26-27(34)35-12-13-37(26)28(36-25)18-6-8-22-9-11-24(39)38(22)16-18/h3-5,7,10,12-15,18,22,40H,6,8-9,11,16H2,1-2H3,(H2,34,35)/t18-,22+,29-/m1/s1. The summed E-state index contributed by atoms with van der Waals surface area (Å²) in [5.74, 6) is 1.37. The number of nitrogens with zero attached hydrogens (tertiary/aromatic N) is 4. The molecule has 0 bridgehead atoms. The third-order valence-corrected chi connectivity index (χ3v) is 8.49. The fourth-order valence-corrected chi connectivity index (χ4v) is 6.24. The molecule has 0 radical (unpaired) electrons. The molecule has 4 aromatic rings. The predicted molar refractivity (Wildman–Crippen MR) is 144 cm³/mol. The molecule has 3 N–H and O–H groups in total. The first-order valence-corrected chi connectivity index (χ1v) is 13.4. The first-order chi connectivity index (χ1) is 18.9. The zero-order valence-corrected chi connectivity index (χ0v) is 22.2. The number of rotatable bonds is 4. The van der Waals surface area contributed by atoms with Crippen LogP contribution in [0, 0.1) is 6.92 Å². The Hall–Kier alpha value is -3.92. The number of fused-ring (bicyclic) bond motifs is 2. The molecule has 0 saturated carbocycles. The second kappa shape index (κ2) is 9.33. The highest BCUT2D eigenvalue weighted by molar-refractivity contribution is 5.87. The highest BCUT2D eigenvalue weighted by atomic mass is 19.4. The van der Waals surface area contributed by atoms with Gasteiger partial charge in [0.25, 0.3) is 0 Å². The molecular formula is C30H30F3N5O2. The van der Waals surface area contributed by atoms with Gasteiger partial charge in [-0.2, -0.15) is 13.2 Å². The van der Waals surface area contributed by atoms with E-state index in [1.165, 1.54) is 19.1 Å². The zero-order chi connectivity index (χ0) is 28.4. The average molecular weight is 550 g/mol. The van der Waals surface area contributed by atoms with Crippen LogP contribution in [-0.2, 0) is 16.6 Å².